The van der Waals surface area contributed by atoms with Crippen LogP contribution in [-0.2, 0) is 0 Å². The lowest BCUT2D eigenvalue weighted by molar-refractivity contribution is 0.182. The molecule has 2 N–H and O–H groups in total. The fourth-order valence-electron chi connectivity index (χ4n) is 1.06. The standard InChI is InChI=1S/C9H15BrN2OS/c1-6(13)3-4-11-7(2)9-12-5-8(10)14-9/h5-7,11,13H,3-4H2,1-2H3. The zero-order valence-electron chi connectivity index (χ0n) is 8.33. The molecule has 0 fully saturated rings. The van der Waals surface area contributed by atoms with E-state index in [-0.39, 0.29) is 12.1 Å². The third-order valence-corrected chi connectivity index (χ3v) is 3.54. The van der Waals surface area contributed by atoms with Gasteiger partial charge in [-0.15, -0.1) is 11.3 Å². The highest BCUT2D eigenvalue weighted by Gasteiger charge is 2.08. The summed E-state index contributed by atoms with van der Waals surface area (Å²) in [6, 6.07) is 0.255. The van der Waals surface area contributed by atoms with Crippen molar-refractivity contribution in [1.29, 1.82) is 0 Å². The second kappa shape index (κ2) is 5.80. The van der Waals surface area contributed by atoms with Crippen LogP contribution < -0.4 is 5.32 Å². The van der Waals surface area contributed by atoms with Crippen LogP contribution in [0.15, 0.2) is 9.98 Å². The first-order valence-corrected chi connectivity index (χ1v) is 6.23. The lowest BCUT2D eigenvalue weighted by atomic mass is 10.2. The SMILES string of the molecule is CC(O)CCNC(C)c1ncc(Br)s1. The Morgan fingerprint density at radius 3 is 2.86 bits per heavy atom. The molecule has 0 saturated heterocycles. The molecule has 2 atom stereocenters. The van der Waals surface area contributed by atoms with Gasteiger partial charge < -0.3 is 10.4 Å². The molecule has 0 aromatic carbocycles. The van der Waals surface area contributed by atoms with E-state index in [0.717, 1.165) is 21.8 Å². The van der Waals surface area contributed by atoms with E-state index in [1.54, 1.807) is 18.3 Å². The second-order valence-corrected chi connectivity index (χ2v) is 5.76. The number of nitrogens with zero attached hydrogens (tertiary/aromatic N) is 1. The fourth-order valence-corrected chi connectivity index (χ4v) is 2.33. The van der Waals surface area contributed by atoms with E-state index in [4.69, 9.17) is 5.11 Å². The number of halogens is 1. The van der Waals surface area contributed by atoms with E-state index in [9.17, 15) is 0 Å². The largest absolute Gasteiger partial charge is 0.393 e. The van der Waals surface area contributed by atoms with Crippen LogP contribution in [0.5, 0.6) is 0 Å². The maximum absolute atomic E-state index is 9.08. The Labute approximate surface area is 96.7 Å². The van der Waals surface area contributed by atoms with Crippen molar-refractivity contribution in [2.75, 3.05) is 6.54 Å². The molecule has 14 heavy (non-hydrogen) atoms. The van der Waals surface area contributed by atoms with Gasteiger partial charge in [-0.25, -0.2) is 4.98 Å². The zero-order chi connectivity index (χ0) is 10.6. The molecule has 0 spiro atoms. The lowest BCUT2D eigenvalue weighted by Crippen LogP contribution is -2.22. The van der Waals surface area contributed by atoms with Gasteiger partial charge in [-0.05, 0) is 42.7 Å². The van der Waals surface area contributed by atoms with E-state index in [2.05, 4.69) is 33.2 Å². The number of nitrogens with one attached hydrogen (secondary N) is 1. The number of thiazole rings is 1. The highest BCUT2D eigenvalue weighted by atomic mass is 79.9. The normalized spacial score (nSPS) is 15.4. The summed E-state index contributed by atoms with van der Waals surface area (Å²) in [5.74, 6) is 0. The Balaban J connectivity index is 2.32. The molecule has 1 rings (SSSR count). The van der Waals surface area contributed by atoms with E-state index < -0.39 is 0 Å². The molecule has 0 radical (unpaired) electrons. The molecule has 0 amide bonds. The summed E-state index contributed by atoms with van der Waals surface area (Å²) in [4.78, 5) is 4.26. The monoisotopic (exact) mass is 278 g/mol. The van der Waals surface area contributed by atoms with Crippen LogP contribution in [0, 0.1) is 0 Å². The molecule has 0 saturated carbocycles. The summed E-state index contributed by atoms with van der Waals surface area (Å²) in [6.07, 6.45) is 2.35. The number of aliphatic hydroxyl groups is 1. The van der Waals surface area contributed by atoms with Crippen LogP contribution in [0.1, 0.15) is 31.3 Å². The Bertz CT molecular complexity index is 278. The molecule has 1 aromatic heterocycles. The zero-order valence-corrected chi connectivity index (χ0v) is 10.7. The summed E-state index contributed by atoms with van der Waals surface area (Å²) < 4.78 is 1.05. The first-order chi connectivity index (χ1) is 6.59. The Morgan fingerprint density at radius 2 is 2.36 bits per heavy atom. The van der Waals surface area contributed by atoms with Crippen molar-refractivity contribution in [2.24, 2.45) is 0 Å². The summed E-state index contributed by atoms with van der Waals surface area (Å²) in [5, 5.41) is 13.5. The quantitative estimate of drug-likeness (QED) is 0.869. The highest BCUT2D eigenvalue weighted by molar-refractivity contribution is 9.11. The van der Waals surface area contributed by atoms with Crippen LogP contribution >= 0.6 is 27.3 Å². The highest BCUT2D eigenvalue weighted by Crippen LogP contribution is 2.23. The summed E-state index contributed by atoms with van der Waals surface area (Å²) >= 11 is 5.02. The molecule has 5 heteroatoms. The maximum Gasteiger partial charge on any atom is 0.110 e. The summed E-state index contributed by atoms with van der Waals surface area (Å²) in [5.41, 5.74) is 0. The minimum absolute atomic E-state index is 0.238. The van der Waals surface area contributed by atoms with Crippen LogP contribution in [0.4, 0.5) is 0 Å². The van der Waals surface area contributed by atoms with Crippen molar-refractivity contribution in [3.63, 3.8) is 0 Å². The predicted octanol–water partition coefficient (Wildman–Crippen LogP) is 2.33. The molecular formula is C9H15BrN2OS. The van der Waals surface area contributed by atoms with Crippen molar-refractivity contribution in [2.45, 2.75) is 32.4 Å². The van der Waals surface area contributed by atoms with Crippen molar-refractivity contribution in [3.8, 4) is 0 Å². The molecule has 1 aromatic rings. The minimum atomic E-state index is -0.238. The van der Waals surface area contributed by atoms with Gasteiger partial charge in [0.25, 0.3) is 0 Å². The van der Waals surface area contributed by atoms with Gasteiger partial charge >= 0.3 is 0 Å². The molecule has 0 aliphatic carbocycles. The molecule has 0 aliphatic heterocycles. The lowest BCUT2D eigenvalue weighted by Gasteiger charge is -2.11. The Morgan fingerprint density at radius 1 is 1.64 bits per heavy atom. The van der Waals surface area contributed by atoms with Gasteiger partial charge in [-0.2, -0.15) is 0 Å². The van der Waals surface area contributed by atoms with E-state index >= 15 is 0 Å². The first kappa shape index (κ1) is 12.1. The van der Waals surface area contributed by atoms with Gasteiger partial charge in [-0.3, -0.25) is 0 Å². The minimum Gasteiger partial charge on any atom is -0.393 e. The van der Waals surface area contributed by atoms with Crippen molar-refractivity contribution >= 4 is 27.3 Å². The van der Waals surface area contributed by atoms with Gasteiger partial charge in [0.05, 0.1) is 22.1 Å². The molecular weight excluding hydrogens is 264 g/mol. The maximum atomic E-state index is 9.08. The summed E-state index contributed by atoms with van der Waals surface area (Å²) in [6.45, 7) is 4.69. The van der Waals surface area contributed by atoms with Gasteiger partial charge in [0, 0.05) is 0 Å². The third-order valence-electron chi connectivity index (χ3n) is 1.88. The van der Waals surface area contributed by atoms with Crippen LogP contribution in [0.25, 0.3) is 0 Å². The van der Waals surface area contributed by atoms with E-state index in [1.807, 2.05) is 6.20 Å². The first-order valence-electron chi connectivity index (χ1n) is 4.62. The Hall–Kier alpha value is 0.0300. The van der Waals surface area contributed by atoms with Crippen molar-refractivity contribution < 1.29 is 5.11 Å². The number of hydrogen-bond acceptors (Lipinski definition) is 4. The molecule has 0 aliphatic rings. The average molecular weight is 279 g/mol. The molecule has 2 unspecified atom stereocenters. The number of aliphatic hydroxyl groups excluding tert-OH is 1. The second-order valence-electron chi connectivity index (χ2n) is 3.32. The average Bonchev–Trinajstić information content (AvgIpc) is 2.51. The summed E-state index contributed by atoms with van der Waals surface area (Å²) in [7, 11) is 0. The smallest absolute Gasteiger partial charge is 0.110 e. The molecule has 80 valence electrons. The molecule has 0 bridgehead atoms. The number of aromatic nitrogens is 1. The predicted molar refractivity (Wildman–Crippen MR) is 62.5 cm³/mol. The molecule has 1 heterocycles. The van der Waals surface area contributed by atoms with Gasteiger partial charge in [-0.1, -0.05) is 0 Å². The number of rotatable bonds is 5. The topological polar surface area (TPSA) is 45.1 Å². The van der Waals surface area contributed by atoms with E-state index in [1.165, 1.54) is 0 Å². The van der Waals surface area contributed by atoms with Crippen molar-refractivity contribution in [1.82, 2.24) is 10.3 Å². The van der Waals surface area contributed by atoms with Gasteiger partial charge in [0.2, 0.25) is 0 Å². The van der Waals surface area contributed by atoms with Crippen molar-refractivity contribution in [3.05, 3.63) is 15.0 Å². The van der Waals surface area contributed by atoms with Gasteiger partial charge in [0.15, 0.2) is 0 Å². The van der Waals surface area contributed by atoms with Crippen LogP contribution in [-0.4, -0.2) is 22.7 Å². The fraction of sp³-hybridized carbons (Fsp3) is 0.667. The van der Waals surface area contributed by atoms with E-state index in [0.29, 0.717) is 0 Å². The number of hydrogen-bond donors (Lipinski definition) is 2. The third kappa shape index (κ3) is 4.04. The Kier molecular flexibility index (Phi) is 5.01. The molecule has 3 nitrogen and oxygen atoms in total. The van der Waals surface area contributed by atoms with Crippen LogP contribution in [0.3, 0.4) is 0 Å². The van der Waals surface area contributed by atoms with Gasteiger partial charge in [0.1, 0.15) is 5.01 Å². The van der Waals surface area contributed by atoms with Crippen LogP contribution in [0.2, 0.25) is 0 Å².